The van der Waals surface area contributed by atoms with Gasteiger partial charge in [-0.25, -0.2) is 10.3 Å². The number of cyclic esters (lactones) is 1. The lowest BCUT2D eigenvalue weighted by Crippen LogP contribution is -2.40. The molecule has 0 saturated heterocycles. The predicted molar refractivity (Wildman–Crippen MR) is 169 cm³/mol. The number of fused-ring (bicyclic) bond motifs is 1. The van der Waals surface area contributed by atoms with Crippen LogP contribution >= 0.6 is 0 Å². The number of hydroxylamine groups is 1. The fraction of sp³-hybridized carbons (Fsp3) is 0.243. The topological polar surface area (TPSA) is 83.1 Å². The SMILES string of the molecule is COc1c(C)c2c(c(OC)c1C/C=C(\C)CCC(=O)NOC(c1ccccc1)(c1ccccc1)c1ccccc1)C(=O)OC2. The molecule has 7 heteroatoms. The molecule has 226 valence electrons. The summed E-state index contributed by atoms with van der Waals surface area (Å²) in [6, 6.07) is 29.7. The number of rotatable bonds is 12. The van der Waals surface area contributed by atoms with Crippen LogP contribution in [0.3, 0.4) is 0 Å². The highest BCUT2D eigenvalue weighted by molar-refractivity contribution is 5.98. The number of hydrogen-bond donors (Lipinski definition) is 1. The summed E-state index contributed by atoms with van der Waals surface area (Å²) in [7, 11) is 3.15. The van der Waals surface area contributed by atoms with Gasteiger partial charge < -0.3 is 14.2 Å². The molecule has 0 unspecified atom stereocenters. The Balaban J connectivity index is 1.34. The highest BCUT2D eigenvalue weighted by Gasteiger charge is 2.39. The molecule has 0 spiro atoms. The quantitative estimate of drug-likeness (QED) is 0.0828. The molecule has 4 aromatic carbocycles. The number of nitrogens with one attached hydrogen (secondary N) is 1. The highest BCUT2D eigenvalue weighted by atomic mass is 16.7. The summed E-state index contributed by atoms with van der Waals surface area (Å²) >= 11 is 0. The Morgan fingerprint density at radius 3 is 1.86 bits per heavy atom. The maximum Gasteiger partial charge on any atom is 0.342 e. The van der Waals surface area contributed by atoms with Crippen molar-refractivity contribution >= 4 is 11.9 Å². The van der Waals surface area contributed by atoms with Crippen LogP contribution in [0.1, 0.15) is 63.5 Å². The average molecular weight is 592 g/mol. The maximum absolute atomic E-state index is 13.2. The second-order valence-corrected chi connectivity index (χ2v) is 10.8. The van der Waals surface area contributed by atoms with E-state index in [1.54, 1.807) is 14.2 Å². The molecule has 5 rings (SSSR count). The van der Waals surface area contributed by atoms with Crippen LogP contribution in [0.2, 0.25) is 0 Å². The number of carbonyl (C=O) groups is 2. The van der Waals surface area contributed by atoms with E-state index in [9.17, 15) is 9.59 Å². The minimum atomic E-state index is -1.05. The summed E-state index contributed by atoms with van der Waals surface area (Å²) in [5.41, 5.74) is 8.30. The van der Waals surface area contributed by atoms with E-state index < -0.39 is 5.60 Å². The number of allylic oxidation sites excluding steroid dienone is 2. The average Bonchev–Trinajstić information content (AvgIpc) is 3.46. The van der Waals surface area contributed by atoms with Crippen LogP contribution < -0.4 is 15.0 Å². The molecule has 0 atom stereocenters. The molecular formula is C37H37NO6. The van der Waals surface area contributed by atoms with Crippen molar-refractivity contribution < 1.29 is 28.6 Å². The van der Waals surface area contributed by atoms with Gasteiger partial charge in [-0.15, -0.1) is 0 Å². The van der Waals surface area contributed by atoms with E-state index in [0.717, 1.165) is 39.0 Å². The molecule has 0 aromatic heterocycles. The Morgan fingerprint density at radius 2 is 1.36 bits per heavy atom. The van der Waals surface area contributed by atoms with Gasteiger partial charge in [0.05, 0.1) is 14.2 Å². The molecule has 1 amide bonds. The fourth-order valence-corrected chi connectivity index (χ4v) is 5.80. The zero-order chi connectivity index (χ0) is 31.1. The van der Waals surface area contributed by atoms with E-state index in [-0.39, 0.29) is 24.9 Å². The minimum absolute atomic E-state index is 0.207. The normalized spacial score (nSPS) is 12.8. The van der Waals surface area contributed by atoms with Gasteiger partial charge in [0.15, 0.2) is 5.60 Å². The molecule has 44 heavy (non-hydrogen) atoms. The van der Waals surface area contributed by atoms with E-state index in [1.165, 1.54) is 0 Å². The number of methoxy groups -OCH3 is 2. The Labute approximate surface area is 258 Å². The Bertz CT molecular complexity index is 1550. The number of carbonyl (C=O) groups excluding carboxylic acids is 2. The smallest absolute Gasteiger partial charge is 0.342 e. The Kier molecular flexibility index (Phi) is 9.46. The lowest BCUT2D eigenvalue weighted by atomic mass is 9.80. The molecule has 1 N–H and O–H groups in total. The van der Waals surface area contributed by atoms with Crippen molar-refractivity contribution in [1.82, 2.24) is 5.48 Å². The summed E-state index contributed by atoms with van der Waals surface area (Å²) in [4.78, 5) is 32.1. The van der Waals surface area contributed by atoms with E-state index in [1.807, 2.05) is 111 Å². The van der Waals surface area contributed by atoms with Gasteiger partial charge in [0.2, 0.25) is 5.91 Å². The lowest BCUT2D eigenvalue weighted by molar-refractivity contribution is -0.143. The first-order valence-electron chi connectivity index (χ1n) is 14.6. The van der Waals surface area contributed by atoms with Crippen molar-refractivity contribution in [1.29, 1.82) is 0 Å². The van der Waals surface area contributed by atoms with Crippen LogP contribution in [0.5, 0.6) is 11.5 Å². The second-order valence-electron chi connectivity index (χ2n) is 10.8. The highest BCUT2D eigenvalue weighted by Crippen LogP contribution is 2.43. The van der Waals surface area contributed by atoms with Gasteiger partial charge in [-0.2, -0.15) is 0 Å². The molecule has 4 aromatic rings. The number of esters is 1. The van der Waals surface area contributed by atoms with E-state index in [0.29, 0.717) is 29.9 Å². The van der Waals surface area contributed by atoms with Crippen LogP contribution in [0.25, 0.3) is 0 Å². The maximum atomic E-state index is 13.2. The van der Waals surface area contributed by atoms with Crippen molar-refractivity contribution in [3.8, 4) is 11.5 Å². The molecule has 0 fully saturated rings. The zero-order valence-corrected chi connectivity index (χ0v) is 25.5. The van der Waals surface area contributed by atoms with Crippen molar-refractivity contribution in [3.05, 3.63) is 142 Å². The number of hydrogen-bond acceptors (Lipinski definition) is 6. The van der Waals surface area contributed by atoms with Gasteiger partial charge in [0.1, 0.15) is 23.7 Å². The zero-order valence-electron chi connectivity index (χ0n) is 25.5. The molecule has 0 saturated carbocycles. The first-order chi connectivity index (χ1) is 21.4. The third-order valence-corrected chi connectivity index (χ3v) is 8.09. The number of ether oxygens (including phenoxy) is 3. The summed E-state index contributed by atoms with van der Waals surface area (Å²) < 4.78 is 16.7. The van der Waals surface area contributed by atoms with Crippen molar-refractivity contribution in [3.63, 3.8) is 0 Å². The van der Waals surface area contributed by atoms with Gasteiger partial charge in [0, 0.05) is 17.5 Å². The van der Waals surface area contributed by atoms with Crippen LogP contribution in [0.15, 0.2) is 103 Å². The molecule has 1 aliphatic heterocycles. The summed E-state index contributed by atoms with van der Waals surface area (Å²) in [6.07, 6.45) is 3.24. The van der Waals surface area contributed by atoms with Gasteiger partial charge >= 0.3 is 5.97 Å². The van der Waals surface area contributed by atoms with E-state index in [4.69, 9.17) is 19.0 Å². The monoisotopic (exact) mass is 591 g/mol. The van der Waals surface area contributed by atoms with Gasteiger partial charge in [-0.1, -0.05) is 103 Å². The second kappa shape index (κ2) is 13.6. The molecule has 0 bridgehead atoms. The van der Waals surface area contributed by atoms with Crippen molar-refractivity contribution in [2.24, 2.45) is 0 Å². The molecular weight excluding hydrogens is 554 g/mol. The predicted octanol–water partition coefficient (Wildman–Crippen LogP) is 6.99. The Hall–Kier alpha value is -4.88. The fourth-order valence-electron chi connectivity index (χ4n) is 5.80. The molecule has 0 aliphatic carbocycles. The number of amides is 1. The largest absolute Gasteiger partial charge is 0.496 e. The molecule has 1 aliphatic rings. The summed E-state index contributed by atoms with van der Waals surface area (Å²) in [5, 5.41) is 0. The third kappa shape index (κ3) is 5.96. The van der Waals surface area contributed by atoms with Gasteiger partial charge in [0.25, 0.3) is 0 Å². The molecule has 1 heterocycles. The van der Waals surface area contributed by atoms with Gasteiger partial charge in [-0.05, 0) is 48.9 Å². The summed E-state index contributed by atoms with van der Waals surface area (Å²) in [5.74, 6) is 0.516. The summed E-state index contributed by atoms with van der Waals surface area (Å²) in [6.45, 7) is 4.10. The number of benzene rings is 4. The van der Waals surface area contributed by atoms with Crippen LogP contribution in [0, 0.1) is 6.92 Å². The Morgan fingerprint density at radius 1 is 0.841 bits per heavy atom. The van der Waals surface area contributed by atoms with Crippen LogP contribution in [-0.2, 0) is 33.0 Å². The first kappa shape index (κ1) is 30.6. The van der Waals surface area contributed by atoms with Crippen molar-refractivity contribution in [2.45, 2.75) is 45.3 Å². The van der Waals surface area contributed by atoms with Crippen LogP contribution in [-0.4, -0.2) is 26.1 Å². The van der Waals surface area contributed by atoms with Gasteiger partial charge in [-0.3, -0.25) is 9.63 Å². The minimum Gasteiger partial charge on any atom is -0.496 e. The van der Waals surface area contributed by atoms with E-state index >= 15 is 0 Å². The molecule has 7 nitrogen and oxygen atoms in total. The first-order valence-corrected chi connectivity index (χ1v) is 14.6. The lowest BCUT2D eigenvalue weighted by Gasteiger charge is -2.35. The van der Waals surface area contributed by atoms with Crippen LogP contribution in [0.4, 0.5) is 0 Å². The standard InChI is InChI=1S/C37H37NO6/c1-25(20-22-30-34(41-3)26(2)31-24-43-36(40)33(31)35(30)42-4)21-23-32(39)38-44-37(27-14-8-5-9-15-27,28-16-10-6-11-17-28)29-18-12-7-13-19-29/h5-20H,21-24H2,1-4H3,(H,38,39)/b25-20+. The molecule has 0 radical (unpaired) electrons. The van der Waals surface area contributed by atoms with Crippen molar-refractivity contribution in [2.75, 3.05) is 14.2 Å². The third-order valence-electron chi connectivity index (χ3n) is 8.09. The van der Waals surface area contributed by atoms with E-state index in [2.05, 4.69) is 5.48 Å².